The second-order valence-electron chi connectivity index (χ2n) is 5.36. The molecule has 0 aliphatic carbocycles. The summed E-state index contributed by atoms with van der Waals surface area (Å²) in [5.41, 5.74) is 14.6. The third kappa shape index (κ3) is 3.18. The predicted octanol–water partition coefficient (Wildman–Crippen LogP) is 2.61. The van der Waals surface area contributed by atoms with Gasteiger partial charge >= 0.3 is 6.03 Å². The summed E-state index contributed by atoms with van der Waals surface area (Å²) in [4.78, 5) is 12.1. The lowest BCUT2D eigenvalue weighted by Crippen LogP contribution is -2.31. The van der Waals surface area contributed by atoms with Crippen molar-refractivity contribution in [3.8, 4) is 0 Å². The number of nitrogens with zero attached hydrogens (tertiary/aromatic N) is 1. The average molecular weight is 310 g/mol. The lowest BCUT2D eigenvalue weighted by molar-refractivity contribution is 0.249. The standard InChI is InChI=1S/C16H18N6O/c1-9(10-3-2-4-11(17)7-10)19-16(23)20-12-5-6-14-13(8-12)15(18)22-21-14/h2-9H,17H2,1H3,(H3,18,21,22)(H2,19,20,23). The van der Waals surface area contributed by atoms with E-state index in [2.05, 4.69) is 20.8 Å². The highest BCUT2D eigenvalue weighted by molar-refractivity contribution is 5.95. The molecule has 0 aliphatic heterocycles. The number of hydrogen-bond donors (Lipinski definition) is 5. The Morgan fingerprint density at radius 1 is 1.22 bits per heavy atom. The molecule has 7 heteroatoms. The second kappa shape index (κ2) is 5.88. The van der Waals surface area contributed by atoms with Gasteiger partial charge in [0.2, 0.25) is 0 Å². The van der Waals surface area contributed by atoms with E-state index in [4.69, 9.17) is 11.5 Å². The molecule has 0 saturated carbocycles. The number of urea groups is 1. The number of rotatable bonds is 3. The molecule has 7 N–H and O–H groups in total. The summed E-state index contributed by atoms with van der Waals surface area (Å²) in [5, 5.41) is 13.2. The Morgan fingerprint density at radius 3 is 2.83 bits per heavy atom. The van der Waals surface area contributed by atoms with Crippen molar-refractivity contribution in [1.82, 2.24) is 15.5 Å². The number of hydrogen-bond acceptors (Lipinski definition) is 4. The van der Waals surface area contributed by atoms with E-state index >= 15 is 0 Å². The van der Waals surface area contributed by atoms with Crippen molar-refractivity contribution >= 4 is 34.1 Å². The fourth-order valence-corrected chi connectivity index (χ4v) is 2.39. The Balaban J connectivity index is 1.69. The van der Waals surface area contributed by atoms with Gasteiger partial charge in [-0.15, -0.1) is 0 Å². The average Bonchev–Trinajstić information content (AvgIpc) is 2.88. The van der Waals surface area contributed by atoms with Crippen LogP contribution in [0, 0.1) is 0 Å². The SMILES string of the molecule is CC(NC(=O)Nc1ccc2[nH]nc(N)c2c1)c1cccc(N)c1. The molecule has 3 rings (SSSR count). The van der Waals surface area contributed by atoms with Crippen molar-refractivity contribution in [3.05, 3.63) is 48.0 Å². The summed E-state index contributed by atoms with van der Waals surface area (Å²) in [5.74, 6) is 0.400. The predicted molar refractivity (Wildman–Crippen MR) is 91.9 cm³/mol. The van der Waals surface area contributed by atoms with Crippen LogP contribution in [-0.2, 0) is 0 Å². The van der Waals surface area contributed by atoms with Crippen LogP contribution in [0.25, 0.3) is 10.9 Å². The zero-order chi connectivity index (χ0) is 16.4. The van der Waals surface area contributed by atoms with E-state index in [1.54, 1.807) is 18.2 Å². The summed E-state index contributed by atoms with van der Waals surface area (Å²) < 4.78 is 0. The van der Waals surface area contributed by atoms with Crippen LogP contribution in [0.1, 0.15) is 18.5 Å². The largest absolute Gasteiger partial charge is 0.399 e. The van der Waals surface area contributed by atoms with Crippen LogP contribution in [0.2, 0.25) is 0 Å². The van der Waals surface area contributed by atoms with Crippen LogP contribution >= 0.6 is 0 Å². The molecule has 0 spiro atoms. The van der Waals surface area contributed by atoms with Gasteiger partial charge in [-0.05, 0) is 42.8 Å². The highest BCUT2D eigenvalue weighted by Crippen LogP contribution is 2.22. The molecule has 0 saturated heterocycles. The lowest BCUT2D eigenvalue weighted by Gasteiger charge is -2.15. The summed E-state index contributed by atoms with van der Waals surface area (Å²) in [7, 11) is 0. The van der Waals surface area contributed by atoms with Gasteiger partial charge in [-0.25, -0.2) is 4.79 Å². The fraction of sp³-hybridized carbons (Fsp3) is 0.125. The molecular formula is C16H18N6O. The Hall–Kier alpha value is -3.22. The summed E-state index contributed by atoms with van der Waals surface area (Å²) in [6, 6.07) is 12.3. The van der Waals surface area contributed by atoms with Crippen LogP contribution in [0.3, 0.4) is 0 Å². The van der Waals surface area contributed by atoms with Crippen LogP contribution < -0.4 is 22.1 Å². The Labute approximate surface area is 133 Å². The van der Waals surface area contributed by atoms with Gasteiger partial charge in [0.1, 0.15) is 0 Å². The number of nitrogens with one attached hydrogen (secondary N) is 3. The number of amides is 2. The van der Waals surface area contributed by atoms with Gasteiger partial charge in [-0.2, -0.15) is 5.10 Å². The molecule has 23 heavy (non-hydrogen) atoms. The Bertz CT molecular complexity index is 857. The maximum atomic E-state index is 12.1. The number of nitrogen functional groups attached to an aromatic ring is 2. The third-order valence-electron chi connectivity index (χ3n) is 3.61. The number of H-pyrrole nitrogens is 1. The maximum Gasteiger partial charge on any atom is 0.319 e. The third-order valence-corrected chi connectivity index (χ3v) is 3.61. The number of aromatic amines is 1. The minimum absolute atomic E-state index is 0.166. The van der Waals surface area contributed by atoms with Gasteiger partial charge in [0.25, 0.3) is 0 Å². The Morgan fingerprint density at radius 2 is 2.04 bits per heavy atom. The van der Waals surface area contributed by atoms with E-state index in [1.165, 1.54) is 0 Å². The van der Waals surface area contributed by atoms with Crippen LogP contribution in [0.4, 0.5) is 22.0 Å². The normalized spacial score (nSPS) is 12.0. The molecule has 0 aliphatic rings. The number of aromatic nitrogens is 2. The number of carbonyl (C=O) groups is 1. The molecule has 118 valence electrons. The zero-order valence-electron chi connectivity index (χ0n) is 12.6. The van der Waals surface area contributed by atoms with E-state index in [1.807, 2.05) is 31.2 Å². The van der Waals surface area contributed by atoms with Gasteiger partial charge in [0.15, 0.2) is 5.82 Å². The molecule has 1 unspecified atom stereocenters. The van der Waals surface area contributed by atoms with Gasteiger partial charge in [-0.3, -0.25) is 5.10 Å². The smallest absolute Gasteiger partial charge is 0.319 e. The first-order chi connectivity index (χ1) is 11.0. The van der Waals surface area contributed by atoms with E-state index < -0.39 is 0 Å². The van der Waals surface area contributed by atoms with Crippen molar-refractivity contribution in [2.45, 2.75) is 13.0 Å². The molecule has 0 radical (unpaired) electrons. The van der Waals surface area contributed by atoms with Crippen LogP contribution in [0.5, 0.6) is 0 Å². The molecule has 2 amide bonds. The summed E-state index contributed by atoms with van der Waals surface area (Å²) in [6.45, 7) is 1.89. The van der Waals surface area contributed by atoms with E-state index in [9.17, 15) is 4.79 Å². The van der Waals surface area contributed by atoms with E-state index in [0.29, 0.717) is 17.2 Å². The lowest BCUT2D eigenvalue weighted by atomic mass is 10.1. The molecule has 1 atom stereocenters. The van der Waals surface area contributed by atoms with Crippen molar-refractivity contribution in [3.63, 3.8) is 0 Å². The minimum Gasteiger partial charge on any atom is -0.399 e. The number of benzene rings is 2. The number of carbonyl (C=O) groups excluding carboxylic acids is 1. The number of nitrogens with two attached hydrogens (primary N) is 2. The number of anilines is 3. The molecule has 2 aromatic carbocycles. The topological polar surface area (TPSA) is 122 Å². The van der Waals surface area contributed by atoms with Crippen molar-refractivity contribution in [2.24, 2.45) is 0 Å². The molecule has 1 aromatic heterocycles. The van der Waals surface area contributed by atoms with Crippen molar-refractivity contribution in [1.29, 1.82) is 0 Å². The van der Waals surface area contributed by atoms with Crippen LogP contribution in [-0.4, -0.2) is 16.2 Å². The molecular weight excluding hydrogens is 292 g/mol. The van der Waals surface area contributed by atoms with Gasteiger partial charge < -0.3 is 22.1 Å². The molecule has 1 heterocycles. The summed E-state index contributed by atoms with van der Waals surface area (Å²) >= 11 is 0. The molecule has 0 bridgehead atoms. The Kier molecular flexibility index (Phi) is 3.76. The summed E-state index contributed by atoms with van der Waals surface area (Å²) in [6.07, 6.45) is 0. The van der Waals surface area contributed by atoms with Crippen molar-refractivity contribution in [2.75, 3.05) is 16.8 Å². The van der Waals surface area contributed by atoms with Gasteiger partial charge in [0.05, 0.1) is 11.6 Å². The van der Waals surface area contributed by atoms with Gasteiger partial charge in [0, 0.05) is 16.8 Å². The monoisotopic (exact) mass is 310 g/mol. The first-order valence-electron chi connectivity index (χ1n) is 7.19. The first-order valence-corrected chi connectivity index (χ1v) is 7.19. The van der Waals surface area contributed by atoms with E-state index in [0.717, 1.165) is 16.5 Å². The zero-order valence-corrected chi connectivity index (χ0v) is 12.6. The molecule has 7 nitrogen and oxygen atoms in total. The minimum atomic E-state index is -0.304. The highest BCUT2D eigenvalue weighted by Gasteiger charge is 2.11. The second-order valence-corrected chi connectivity index (χ2v) is 5.36. The molecule has 3 aromatic rings. The number of fused-ring (bicyclic) bond motifs is 1. The maximum absolute atomic E-state index is 12.1. The van der Waals surface area contributed by atoms with E-state index in [-0.39, 0.29) is 12.1 Å². The fourth-order valence-electron chi connectivity index (χ4n) is 2.39. The van der Waals surface area contributed by atoms with Crippen LogP contribution in [0.15, 0.2) is 42.5 Å². The quantitative estimate of drug-likeness (QED) is 0.477. The molecule has 0 fully saturated rings. The van der Waals surface area contributed by atoms with Gasteiger partial charge in [-0.1, -0.05) is 12.1 Å². The van der Waals surface area contributed by atoms with Crippen molar-refractivity contribution < 1.29 is 4.79 Å². The first kappa shape index (κ1) is 14.7. The highest BCUT2D eigenvalue weighted by atomic mass is 16.2.